The molecule has 0 spiro atoms. The van der Waals surface area contributed by atoms with Gasteiger partial charge in [0.05, 0.1) is 6.61 Å². The van der Waals surface area contributed by atoms with Crippen molar-refractivity contribution in [1.29, 1.82) is 0 Å². The van der Waals surface area contributed by atoms with E-state index < -0.39 is 0 Å². The first kappa shape index (κ1) is 24.5. The topological polar surface area (TPSA) is 69.2 Å². The monoisotopic (exact) mass is 443 g/mol. The fourth-order valence-electron chi connectivity index (χ4n) is 4.62. The van der Waals surface area contributed by atoms with E-state index in [0.29, 0.717) is 12.0 Å². The number of hydrogen-bond donors (Lipinski definition) is 2. The minimum Gasteiger partial charge on any atom is -0.383 e. The molecule has 0 aliphatic carbocycles. The number of likely N-dealkylation sites (tertiary alicyclic amines) is 2. The molecule has 7 nitrogen and oxygen atoms in total. The Morgan fingerprint density at radius 1 is 1.09 bits per heavy atom. The van der Waals surface area contributed by atoms with Crippen LogP contribution in [0.3, 0.4) is 0 Å². The highest BCUT2D eigenvalue weighted by Gasteiger charge is 2.23. The van der Waals surface area contributed by atoms with Gasteiger partial charge < -0.3 is 25.2 Å². The van der Waals surface area contributed by atoms with Gasteiger partial charge in [0.2, 0.25) is 5.91 Å². The van der Waals surface area contributed by atoms with Gasteiger partial charge in [-0.2, -0.15) is 0 Å². The highest BCUT2D eigenvalue weighted by Crippen LogP contribution is 2.21. The molecule has 7 heteroatoms. The Kier molecular flexibility index (Phi) is 10.3. The van der Waals surface area contributed by atoms with Crippen LogP contribution in [0, 0.1) is 5.92 Å². The van der Waals surface area contributed by atoms with Gasteiger partial charge in [-0.3, -0.25) is 4.79 Å². The van der Waals surface area contributed by atoms with Crippen LogP contribution in [0.25, 0.3) is 0 Å². The standard InChI is InChI=1S/C25H41N5O2/c1-3-26-25(28-23-11-13-29(14-12-23)17-18-32-2)27-20-24(31)30-15-9-22(10-16-30)19-21-7-5-4-6-8-21/h4-8,22-23H,3,9-20H2,1-2H3,(H2,26,27,28). The van der Waals surface area contributed by atoms with Gasteiger partial charge in [0.15, 0.2) is 5.96 Å². The molecule has 2 saturated heterocycles. The third kappa shape index (κ3) is 8.10. The summed E-state index contributed by atoms with van der Waals surface area (Å²) in [6, 6.07) is 11.1. The molecular weight excluding hydrogens is 402 g/mol. The van der Waals surface area contributed by atoms with Crippen molar-refractivity contribution in [3.05, 3.63) is 35.9 Å². The summed E-state index contributed by atoms with van der Waals surface area (Å²) >= 11 is 0. The molecule has 178 valence electrons. The van der Waals surface area contributed by atoms with E-state index in [4.69, 9.17) is 4.74 Å². The van der Waals surface area contributed by atoms with E-state index in [1.807, 2.05) is 4.90 Å². The zero-order valence-electron chi connectivity index (χ0n) is 19.9. The average molecular weight is 444 g/mol. The number of carbonyl (C=O) groups excluding carboxylic acids is 1. The number of ether oxygens (including phenoxy) is 1. The number of piperidine rings is 2. The van der Waals surface area contributed by atoms with E-state index in [-0.39, 0.29) is 12.5 Å². The number of amides is 1. The van der Waals surface area contributed by atoms with Crippen LogP contribution in [-0.4, -0.2) is 87.2 Å². The molecule has 2 aliphatic heterocycles. The second-order valence-corrected chi connectivity index (χ2v) is 8.96. The minimum atomic E-state index is 0.134. The summed E-state index contributed by atoms with van der Waals surface area (Å²) in [6.45, 7) is 8.66. The Labute approximate surface area is 193 Å². The highest BCUT2D eigenvalue weighted by atomic mass is 16.5. The molecule has 1 amide bonds. The van der Waals surface area contributed by atoms with Crippen molar-refractivity contribution in [2.24, 2.45) is 10.9 Å². The van der Waals surface area contributed by atoms with Crippen molar-refractivity contribution in [3.63, 3.8) is 0 Å². The molecule has 2 N–H and O–H groups in total. The summed E-state index contributed by atoms with van der Waals surface area (Å²) in [5.41, 5.74) is 1.40. The Morgan fingerprint density at radius 3 is 2.47 bits per heavy atom. The molecule has 32 heavy (non-hydrogen) atoms. The Bertz CT molecular complexity index is 696. The molecule has 1 aromatic rings. The maximum Gasteiger partial charge on any atom is 0.244 e. The molecule has 0 radical (unpaired) electrons. The summed E-state index contributed by atoms with van der Waals surface area (Å²) in [6.07, 6.45) is 5.42. The van der Waals surface area contributed by atoms with Gasteiger partial charge in [-0.05, 0) is 50.5 Å². The molecule has 2 fully saturated rings. The van der Waals surface area contributed by atoms with Gasteiger partial charge in [-0.1, -0.05) is 30.3 Å². The molecule has 0 bridgehead atoms. The minimum absolute atomic E-state index is 0.134. The number of nitrogens with zero attached hydrogens (tertiary/aromatic N) is 3. The summed E-state index contributed by atoms with van der Waals surface area (Å²) in [5.74, 6) is 1.56. The third-order valence-corrected chi connectivity index (χ3v) is 6.59. The molecule has 1 aromatic carbocycles. The first-order valence-corrected chi connectivity index (χ1v) is 12.3. The van der Waals surface area contributed by atoms with Gasteiger partial charge >= 0.3 is 0 Å². The Balaban J connectivity index is 1.40. The molecule has 0 atom stereocenters. The van der Waals surface area contributed by atoms with Crippen LogP contribution in [-0.2, 0) is 16.0 Å². The smallest absolute Gasteiger partial charge is 0.244 e. The van der Waals surface area contributed by atoms with Crippen molar-refractivity contribution >= 4 is 11.9 Å². The molecule has 2 heterocycles. The number of aliphatic imine (C=N–C) groups is 1. The van der Waals surface area contributed by atoms with Crippen LogP contribution in [0.15, 0.2) is 35.3 Å². The van der Waals surface area contributed by atoms with Crippen molar-refractivity contribution in [3.8, 4) is 0 Å². The predicted octanol–water partition coefficient (Wildman–Crippen LogP) is 2.13. The van der Waals surface area contributed by atoms with Crippen molar-refractivity contribution < 1.29 is 9.53 Å². The van der Waals surface area contributed by atoms with Gasteiger partial charge in [-0.25, -0.2) is 4.99 Å². The lowest BCUT2D eigenvalue weighted by Crippen LogP contribution is -2.49. The zero-order chi connectivity index (χ0) is 22.6. The van der Waals surface area contributed by atoms with Gasteiger partial charge in [0, 0.05) is 52.4 Å². The lowest BCUT2D eigenvalue weighted by molar-refractivity contribution is -0.130. The maximum absolute atomic E-state index is 12.8. The van der Waals surface area contributed by atoms with Crippen LogP contribution in [0.5, 0.6) is 0 Å². The van der Waals surface area contributed by atoms with Crippen LogP contribution in [0.4, 0.5) is 0 Å². The SMILES string of the molecule is CCNC(=NCC(=O)N1CCC(Cc2ccccc2)CC1)NC1CCN(CCOC)CC1. The molecular formula is C25H41N5O2. The van der Waals surface area contributed by atoms with Gasteiger partial charge in [-0.15, -0.1) is 0 Å². The van der Waals surface area contributed by atoms with Crippen LogP contribution in [0.2, 0.25) is 0 Å². The maximum atomic E-state index is 12.8. The molecule has 0 saturated carbocycles. The lowest BCUT2D eigenvalue weighted by Gasteiger charge is -2.33. The normalized spacial score (nSPS) is 19.2. The quantitative estimate of drug-likeness (QED) is 0.452. The van der Waals surface area contributed by atoms with Gasteiger partial charge in [0.1, 0.15) is 6.54 Å². The van der Waals surface area contributed by atoms with E-state index in [0.717, 1.165) is 83.9 Å². The lowest BCUT2D eigenvalue weighted by atomic mass is 9.90. The van der Waals surface area contributed by atoms with E-state index in [2.05, 4.69) is 57.8 Å². The Hall–Kier alpha value is -2.12. The molecule has 0 unspecified atom stereocenters. The molecule has 3 rings (SSSR count). The van der Waals surface area contributed by atoms with Crippen molar-refractivity contribution in [2.75, 3.05) is 59.5 Å². The second-order valence-electron chi connectivity index (χ2n) is 8.96. The van der Waals surface area contributed by atoms with E-state index in [9.17, 15) is 4.79 Å². The van der Waals surface area contributed by atoms with Crippen LogP contribution >= 0.6 is 0 Å². The molecule has 0 aromatic heterocycles. The zero-order valence-corrected chi connectivity index (χ0v) is 19.9. The van der Waals surface area contributed by atoms with E-state index >= 15 is 0 Å². The fourth-order valence-corrected chi connectivity index (χ4v) is 4.62. The van der Waals surface area contributed by atoms with Crippen molar-refractivity contribution in [1.82, 2.24) is 20.4 Å². The van der Waals surface area contributed by atoms with Crippen LogP contribution in [0.1, 0.15) is 38.2 Å². The average Bonchev–Trinajstić information content (AvgIpc) is 2.83. The number of hydrogen-bond acceptors (Lipinski definition) is 4. The largest absolute Gasteiger partial charge is 0.383 e. The second kappa shape index (κ2) is 13.4. The summed E-state index contributed by atoms with van der Waals surface area (Å²) in [7, 11) is 1.75. The van der Waals surface area contributed by atoms with Gasteiger partial charge in [0.25, 0.3) is 0 Å². The number of nitrogens with one attached hydrogen (secondary N) is 2. The predicted molar refractivity (Wildman–Crippen MR) is 130 cm³/mol. The number of benzene rings is 1. The highest BCUT2D eigenvalue weighted by molar-refractivity contribution is 5.85. The molecule has 2 aliphatic rings. The van der Waals surface area contributed by atoms with Crippen LogP contribution < -0.4 is 10.6 Å². The first-order chi connectivity index (χ1) is 15.7. The number of guanidine groups is 1. The van der Waals surface area contributed by atoms with E-state index in [1.54, 1.807) is 7.11 Å². The van der Waals surface area contributed by atoms with E-state index in [1.165, 1.54) is 5.56 Å². The summed E-state index contributed by atoms with van der Waals surface area (Å²) < 4.78 is 5.18. The summed E-state index contributed by atoms with van der Waals surface area (Å²) in [4.78, 5) is 21.8. The number of methoxy groups -OCH3 is 1. The number of rotatable bonds is 9. The third-order valence-electron chi connectivity index (χ3n) is 6.59. The summed E-state index contributed by atoms with van der Waals surface area (Å²) in [5, 5.41) is 6.84. The van der Waals surface area contributed by atoms with Crippen molar-refractivity contribution in [2.45, 2.75) is 45.1 Å². The first-order valence-electron chi connectivity index (χ1n) is 12.3. The number of carbonyl (C=O) groups is 1. The fraction of sp³-hybridized carbons (Fsp3) is 0.680. The Morgan fingerprint density at radius 2 is 1.81 bits per heavy atom.